The molecule has 170 valence electrons. The Kier molecular flexibility index (Phi) is 5.77. The normalized spacial score (nSPS) is 18.4. The van der Waals surface area contributed by atoms with Crippen molar-refractivity contribution >= 4 is 16.8 Å². The summed E-state index contributed by atoms with van der Waals surface area (Å²) in [6.07, 6.45) is 7.95. The summed E-state index contributed by atoms with van der Waals surface area (Å²) in [7, 11) is 0. The average molecular weight is 447 g/mol. The van der Waals surface area contributed by atoms with E-state index in [0.717, 1.165) is 30.2 Å². The number of rotatable bonds is 8. The van der Waals surface area contributed by atoms with Crippen LogP contribution in [0.5, 0.6) is 5.75 Å². The van der Waals surface area contributed by atoms with Gasteiger partial charge in [0.25, 0.3) is 0 Å². The summed E-state index contributed by atoms with van der Waals surface area (Å²) in [5.74, 6) is -0.218. The fourth-order valence-corrected chi connectivity index (χ4v) is 5.01. The van der Waals surface area contributed by atoms with Gasteiger partial charge in [0.2, 0.25) is 5.91 Å². The van der Waals surface area contributed by atoms with Crippen LogP contribution in [0, 0.1) is 23.1 Å². The first-order valence-electron chi connectivity index (χ1n) is 11.5. The second-order valence-corrected chi connectivity index (χ2v) is 9.17. The molecule has 1 aliphatic carbocycles. The van der Waals surface area contributed by atoms with Crippen LogP contribution >= 0.6 is 0 Å². The highest BCUT2D eigenvalue weighted by molar-refractivity contribution is 5.95. The lowest BCUT2D eigenvalue weighted by atomic mass is 9.94. The number of aromatic amines is 1. The van der Waals surface area contributed by atoms with E-state index in [0.29, 0.717) is 41.7 Å². The number of aromatic nitrogens is 1. The van der Waals surface area contributed by atoms with Gasteiger partial charge in [-0.15, -0.1) is 0 Å². The van der Waals surface area contributed by atoms with Gasteiger partial charge in [-0.3, -0.25) is 4.79 Å². The van der Waals surface area contributed by atoms with Gasteiger partial charge in [0.05, 0.1) is 11.6 Å². The smallest absolute Gasteiger partial charge is 0.249 e. The maximum Gasteiger partial charge on any atom is 0.249 e. The van der Waals surface area contributed by atoms with E-state index < -0.39 is 11.7 Å². The Labute approximate surface area is 191 Å². The number of nitrogens with two attached hydrogens (primary N) is 1. The summed E-state index contributed by atoms with van der Waals surface area (Å²) in [6.45, 7) is 0.370. The summed E-state index contributed by atoms with van der Waals surface area (Å²) in [6, 6.07) is 11.0. The SMILES string of the molecule is N#Cc1ccc2[nH]cc(CCCC(N[C@H]3COc4c(F)ccc(C(N)=O)c4C3)C3CC3)c2c1. The van der Waals surface area contributed by atoms with E-state index in [4.69, 9.17) is 10.5 Å². The first-order valence-corrected chi connectivity index (χ1v) is 11.5. The number of primary amides is 1. The predicted molar refractivity (Wildman–Crippen MR) is 124 cm³/mol. The number of halogens is 1. The molecule has 6 nitrogen and oxygen atoms in total. The molecule has 2 heterocycles. The van der Waals surface area contributed by atoms with Crippen molar-refractivity contribution in [2.24, 2.45) is 11.7 Å². The number of carbonyl (C=O) groups is 1. The molecule has 0 saturated heterocycles. The van der Waals surface area contributed by atoms with Crippen LogP contribution in [-0.4, -0.2) is 29.6 Å². The Balaban J connectivity index is 1.24. The third-order valence-electron chi connectivity index (χ3n) is 6.86. The van der Waals surface area contributed by atoms with E-state index in [2.05, 4.69) is 16.4 Å². The van der Waals surface area contributed by atoms with Gasteiger partial charge in [-0.05, 0) is 80.3 Å². The van der Waals surface area contributed by atoms with Crippen LogP contribution in [0.25, 0.3) is 10.9 Å². The molecule has 0 radical (unpaired) electrons. The zero-order valence-corrected chi connectivity index (χ0v) is 18.4. The standard InChI is InChI=1S/C26H27FN4O2/c27-22-8-7-19(26(29)32)21-11-18(14-33-25(21)22)31-23(16-5-6-16)3-1-2-17-13-30-24-9-4-15(12-28)10-20(17)24/h4,7-10,13,16,18,23,30-31H,1-3,5-6,11,14H2,(H2,29,32)/t18-,23?/m1/s1. The number of fused-ring (bicyclic) bond motifs is 2. The molecule has 1 aromatic heterocycles. The Hall–Kier alpha value is -3.37. The highest BCUT2D eigenvalue weighted by atomic mass is 19.1. The summed E-state index contributed by atoms with van der Waals surface area (Å²) in [4.78, 5) is 15.1. The average Bonchev–Trinajstić information content (AvgIpc) is 3.59. The van der Waals surface area contributed by atoms with Gasteiger partial charge in [-0.25, -0.2) is 4.39 Å². The zero-order valence-electron chi connectivity index (χ0n) is 18.4. The lowest BCUT2D eigenvalue weighted by Crippen LogP contribution is -2.46. The fraction of sp³-hybridized carbons (Fsp3) is 0.385. The fourth-order valence-electron chi connectivity index (χ4n) is 5.01. The molecule has 0 spiro atoms. The number of H-pyrrole nitrogens is 1. The van der Waals surface area contributed by atoms with Gasteiger partial charge >= 0.3 is 0 Å². The number of hydrogen-bond donors (Lipinski definition) is 3. The van der Waals surface area contributed by atoms with Gasteiger partial charge < -0.3 is 20.8 Å². The van der Waals surface area contributed by atoms with Crippen molar-refractivity contribution in [2.75, 3.05) is 6.61 Å². The topological polar surface area (TPSA) is 104 Å². The number of carbonyl (C=O) groups excluding carboxylic acids is 1. The second-order valence-electron chi connectivity index (χ2n) is 9.17. The first kappa shape index (κ1) is 21.5. The molecule has 7 heteroatoms. The number of amides is 1. The molecule has 1 amide bonds. The van der Waals surface area contributed by atoms with Crippen LogP contribution in [0.15, 0.2) is 36.5 Å². The third kappa shape index (κ3) is 4.44. The molecule has 5 rings (SSSR count). The summed E-state index contributed by atoms with van der Waals surface area (Å²) in [5.41, 5.74) is 9.35. The van der Waals surface area contributed by atoms with Crippen LogP contribution in [0.1, 0.15) is 52.7 Å². The predicted octanol–water partition coefficient (Wildman–Crippen LogP) is 3.97. The molecule has 4 N–H and O–H groups in total. The Morgan fingerprint density at radius 1 is 1.33 bits per heavy atom. The van der Waals surface area contributed by atoms with E-state index >= 15 is 0 Å². The molecule has 33 heavy (non-hydrogen) atoms. The summed E-state index contributed by atoms with van der Waals surface area (Å²) < 4.78 is 19.9. The minimum Gasteiger partial charge on any atom is -0.489 e. The van der Waals surface area contributed by atoms with Crippen LogP contribution in [0.3, 0.4) is 0 Å². The van der Waals surface area contributed by atoms with E-state index in [9.17, 15) is 14.4 Å². The number of ether oxygens (including phenoxy) is 1. The molecule has 1 aliphatic heterocycles. The zero-order chi connectivity index (χ0) is 22.9. The van der Waals surface area contributed by atoms with Gasteiger partial charge in [-0.2, -0.15) is 5.26 Å². The van der Waals surface area contributed by atoms with E-state index in [1.165, 1.54) is 30.5 Å². The molecule has 2 aliphatic rings. The largest absolute Gasteiger partial charge is 0.489 e. The van der Waals surface area contributed by atoms with Gasteiger partial charge in [-0.1, -0.05) is 0 Å². The number of hydrogen-bond acceptors (Lipinski definition) is 4. The summed E-state index contributed by atoms with van der Waals surface area (Å²) in [5, 5.41) is 14.0. The van der Waals surface area contributed by atoms with E-state index in [-0.39, 0.29) is 11.8 Å². The molecule has 2 atom stereocenters. The van der Waals surface area contributed by atoms with Crippen molar-refractivity contribution in [3.05, 3.63) is 64.6 Å². The van der Waals surface area contributed by atoms with E-state index in [1.54, 1.807) is 0 Å². The number of nitriles is 1. The molecule has 3 aromatic rings. The van der Waals surface area contributed by atoms with Crippen LogP contribution in [0.4, 0.5) is 4.39 Å². The minimum absolute atomic E-state index is 0.00859. The number of benzene rings is 2. The summed E-state index contributed by atoms with van der Waals surface area (Å²) >= 11 is 0. The Bertz CT molecular complexity index is 1240. The van der Waals surface area contributed by atoms with Crippen molar-refractivity contribution in [1.82, 2.24) is 10.3 Å². The van der Waals surface area contributed by atoms with Crippen LogP contribution in [0.2, 0.25) is 0 Å². The van der Waals surface area contributed by atoms with Gasteiger partial charge in [0.15, 0.2) is 11.6 Å². The maximum atomic E-state index is 14.2. The van der Waals surface area contributed by atoms with Crippen molar-refractivity contribution in [1.29, 1.82) is 5.26 Å². The molecule has 1 saturated carbocycles. The molecular formula is C26H27FN4O2. The lowest BCUT2D eigenvalue weighted by Gasteiger charge is -2.31. The van der Waals surface area contributed by atoms with Crippen LogP contribution in [-0.2, 0) is 12.8 Å². The van der Waals surface area contributed by atoms with Crippen molar-refractivity contribution in [3.63, 3.8) is 0 Å². The maximum absolute atomic E-state index is 14.2. The first-order chi connectivity index (χ1) is 16.0. The minimum atomic E-state index is -0.562. The Morgan fingerprint density at radius 3 is 2.94 bits per heavy atom. The second kappa shape index (κ2) is 8.87. The number of aryl methyl sites for hydroxylation is 1. The monoisotopic (exact) mass is 446 g/mol. The lowest BCUT2D eigenvalue weighted by molar-refractivity contribution is 0.0997. The van der Waals surface area contributed by atoms with E-state index in [1.807, 2.05) is 24.4 Å². The van der Waals surface area contributed by atoms with Crippen molar-refractivity contribution in [3.8, 4) is 11.8 Å². The molecule has 0 bridgehead atoms. The molecular weight excluding hydrogens is 419 g/mol. The number of nitrogens with zero attached hydrogens (tertiary/aromatic N) is 1. The van der Waals surface area contributed by atoms with Crippen molar-refractivity contribution in [2.45, 2.75) is 50.6 Å². The Morgan fingerprint density at radius 2 is 2.18 bits per heavy atom. The van der Waals surface area contributed by atoms with Crippen LogP contribution < -0.4 is 15.8 Å². The van der Waals surface area contributed by atoms with Gasteiger partial charge in [0.1, 0.15) is 6.61 Å². The molecule has 2 aromatic carbocycles. The van der Waals surface area contributed by atoms with Gasteiger partial charge in [0, 0.05) is 40.3 Å². The third-order valence-corrected chi connectivity index (χ3v) is 6.86. The highest BCUT2D eigenvalue weighted by Gasteiger charge is 2.34. The quantitative estimate of drug-likeness (QED) is 0.487. The van der Waals surface area contributed by atoms with Crippen molar-refractivity contribution < 1.29 is 13.9 Å². The molecule has 1 fully saturated rings. The molecule has 1 unspecified atom stereocenters. The number of nitrogens with one attached hydrogen (secondary N) is 2. The highest BCUT2D eigenvalue weighted by Crippen LogP contribution is 2.37.